The largest absolute Gasteiger partial charge is 0.497 e. The van der Waals surface area contributed by atoms with E-state index in [0.29, 0.717) is 12.6 Å². The molecule has 1 atom stereocenters. The second-order valence-electron chi connectivity index (χ2n) is 8.48. The molecule has 3 aromatic rings. The van der Waals surface area contributed by atoms with Gasteiger partial charge in [-0.3, -0.25) is 9.69 Å². The Bertz CT molecular complexity index is 1150. The average Bonchev–Trinajstić information content (AvgIpc) is 3.10. The Hall–Kier alpha value is -3.12. The summed E-state index contributed by atoms with van der Waals surface area (Å²) in [5.74, 6) is 0.725. The monoisotopic (exact) mass is 416 g/mol. The summed E-state index contributed by atoms with van der Waals surface area (Å²) >= 11 is 0. The zero-order valence-corrected chi connectivity index (χ0v) is 18.1. The second-order valence-corrected chi connectivity index (χ2v) is 8.48. The summed E-state index contributed by atoms with van der Waals surface area (Å²) in [6.07, 6.45) is 5.06. The molecule has 2 heterocycles. The van der Waals surface area contributed by atoms with Crippen molar-refractivity contribution in [3.05, 3.63) is 64.8 Å². The van der Waals surface area contributed by atoms with Gasteiger partial charge in [0.1, 0.15) is 5.75 Å². The van der Waals surface area contributed by atoms with Gasteiger partial charge >= 0.3 is 0 Å². The van der Waals surface area contributed by atoms with Crippen LogP contribution >= 0.6 is 0 Å². The minimum atomic E-state index is -0.0720. The lowest BCUT2D eigenvalue weighted by Gasteiger charge is -2.39. The van der Waals surface area contributed by atoms with Crippen molar-refractivity contribution in [2.24, 2.45) is 5.10 Å². The van der Waals surface area contributed by atoms with Crippen LogP contribution in [0, 0.1) is 6.92 Å². The van der Waals surface area contributed by atoms with Crippen LogP contribution in [0.2, 0.25) is 0 Å². The highest BCUT2D eigenvalue weighted by Gasteiger charge is 2.35. The number of fused-ring (bicyclic) bond motifs is 3. The first-order valence-corrected chi connectivity index (χ1v) is 11.0. The molecule has 2 aromatic carbocycles. The molecule has 0 spiro atoms. The molecule has 0 fully saturated rings. The summed E-state index contributed by atoms with van der Waals surface area (Å²) in [5, 5.41) is 5.53. The van der Waals surface area contributed by atoms with Gasteiger partial charge in [-0.25, -0.2) is 5.43 Å². The number of nitrogens with zero attached hydrogens (tertiary/aromatic N) is 3. The third-order valence-electron chi connectivity index (χ3n) is 6.50. The fourth-order valence-corrected chi connectivity index (χ4v) is 5.07. The quantitative estimate of drug-likeness (QED) is 0.508. The average molecular weight is 417 g/mol. The van der Waals surface area contributed by atoms with Crippen LogP contribution in [-0.2, 0) is 17.8 Å². The molecule has 1 unspecified atom stereocenters. The number of benzene rings is 2. The summed E-state index contributed by atoms with van der Waals surface area (Å²) in [5.41, 5.74) is 9.16. The van der Waals surface area contributed by atoms with Gasteiger partial charge in [-0.2, -0.15) is 5.10 Å². The van der Waals surface area contributed by atoms with E-state index in [1.165, 1.54) is 34.1 Å². The van der Waals surface area contributed by atoms with Crippen LogP contribution < -0.4 is 10.2 Å². The van der Waals surface area contributed by atoms with Crippen LogP contribution in [0.1, 0.15) is 41.3 Å². The molecule has 0 saturated carbocycles. The predicted octanol–water partition coefficient (Wildman–Crippen LogP) is 3.80. The van der Waals surface area contributed by atoms with E-state index in [1.54, 1.807) is 13.3 Å². The molecule has 1 N–H and O–H groups in total. The van der Waals surface area contributed by atoms with E-state index < -0.39 is 0 Å². The SMILES string of the molecule is COc1ccc(/C=N\NC(=O)CN2CCn3c4c(c5cc(C)ccc53)CCCC42)cc1. The molecule has 0 bridgehead atoms. The number of carbonyl (C=O) groups is 1. The van der Waals surface area contributed by atoms with Crippen LogP contribution in [0.3, 0.4) is 0 Å². The first-order valence-electron chi connectivity index (χ1n) is 11.0. The smallest absolute Gasteiger partial charge is 0.254 e. The van der Waals surface area contributed by atoms with E-state index in [0.717, 1.165) is 37.2 Å². The first-order chi connectivity index (χ1) is 15.1. The lowest BCUT2D eigenvalue weighted by Crippen LogP contribution is -2.44. The van der Waals surface area contributed by atoms with Gasteiger partial charge in [0.2, 0.25) is 0 Å². The van der Waals surface area contributed by atoms with Gasteiger partial charge in [0.25, 0.3) is 5.91 Å². The van der Waals surface area contributed by atoms with Crippen molar-refractivity contribution in [3.8, 4) is 5.75 Å². The number of ether oxygens (including phenoxy) is 1. The normalized spacial score (nSPS) is 18.3. The number of hydrogen-bond acceptors (Lipinski definition) is 4. The van der Waals surface area contributed by atoms with E-state index in [9.17, 15) is 4.79 Å². The maximum Gasteiger partial charge on any atom is 0.254 e. The van der Waals surface area contributed by atoms with E-state index in [4.69, 9.17) is 4.74 Å². The molecule has 31 heavy (non-hydrogen) atoms. The number of carbonyl (C=O) groups excluding carboxylic acids is 1. The summed E-state index contributed by atoms with van der Waals surface area (Å²) in [6, 6.07) is 14.6. The van der Waals surface area contributed by atoms with Crippen LogP contribution in [-0.4, -0.2) is 41.8 Å². The lowest BCUT2D eigenvalue weighted by molar-refractivity contribution is -0.123. The van der Waals surface area contributed by atoms with Gasteiger partial charge in [0, 0.05) is 29.7 Å². The third kappa shape index (κ3) is 3.72. The van der Waals surface area contributed by atoms with Crippen LogP contribution in [0.15, 0.2) is 47.6 Å². The summed E-state index contributed by atoms with van der Waals surface area (Å²) in [6.45, 7) is 4.33. The number of amides is 1. The highest BCUT2D eigenvalue weighted by atomic mass is 16.5. The van der Waals surface area contributed by atoms with Crippen molar-refractivity contribution in [1.29, 1.82) is 0 Å². The number of methoxy groups -OCH3 is 1. The Morgan fingerprint density at radius 1 is 1.23 bits per heavy atom. The van der Waals surface area contributed by atoms with Gasteiger partial charge in [-0.05, 0) is 73.7 Å². The number of aryl methyl sites for hydroxylation is 2. The topological polar surface area (TPSA) is 58.9 Å². The van der Waals surface area contributed by atoms with Crippen LogP contribution in [0.25, 0.3) is 10.9 Å². The molecule has 6 heteroatoms. The van der Waals surface area contributed by atoms with Crippen molar-refractivity contribution < 1.29 is 9.53 Å². The molecule has 160 valence electrons. The Kier molecular flexibility index (Phi) is 5.24. The fraction of sp³-hybridized carbons (Fsp3) is 0.360. The van der Waals surface area contributed by atoms with Gasteiger partial charge < -0.3 is 9.30 Å². The number of rotatable bonds is 5. The van der Waals surface area contributed by atoms with Crippen molar-refractivity contribution in [2.75, 3.05) is 20.2 Å². The van der Waals surface area contributed by atoms with Crippen molar-refractivity contribution in [2.45, 2.75) is 38.8 Å². The van der Waals surface area contributed by atoms with Crippen molar-refractivity contribution in [3.63, 3.8) is 0 Å². The molecule has 2 aliphatic rings. The van der Waals surface area contributed by atoms with E-state index >= 15 is 0 Å². The van der Waals surface area contributed by atoms with Gasteiger partial charge in [0.05, 0.1) is 25.9 Å². The summed E-state index contributed by atoms with van der Waals surface area (Å²) < 4.78 is 7.65. The molecule has 0 radical (unpaired) electrons. The zero-order valence-electron chi connectivity index (χ0n) is 18.1. The fourth-order valence-electron chi connectivity index (χ4n) is 5.07. The molecule has 5 rings (SSSR count). The molecular formula is C25H28N4O2. The van der Waals surface area contributed by atoms with Gasteiger partial charge in [-0.1, -0.05) is 11.6 Å². The van der Waals surface area contributed by atoms with Crippen molar-refractivity contribution >= 4 is 23.0 Å². The molecule has 1 aromatic heterocycles. The molecular weight excluding hydrogens is 388 g/mol. The Balaban J connectivity index is 1.29. The van der Waals surface area contributed by atoms with Gasteiger partial charge in [-0.15, -0.1) is 0 Å². The predicted molar refractivity (Wildman–Crippen MR) is 123 cm³/mol. The first kappa shape index (κ1) is 19.8. The third-order valence-corrected chi connectivity index (χ3v) is 6.50. The van der Waals surface area contributed by atoms with Crippen LogP contribution in [0.5, 0.6) is 5.75 Å². The molecule has 1 aliphatic carbocycles. The number of hydrazone groups is 1. The number of nitrogens with one attached hydrogen (secondary N) is 1. The highest BCUT2D eigenvalue weighted by molar-refractivity contribution is 5.87. The molecule has 0 saturated heterocycles. The summed E-state index contributed by atoms with van der Waals surface area (Å²) in [4.78, 5) is 14.9. The Morgan fingerprint density at radius 2 is 2.06 bits per heavy atom. The molecule has 1 amide bonds. The Labute approximate surface area is 182 Å². The maximum atomic E-state index is 12.6. The molecule has 6 nitrogen and oxygen atoms in total. The van der Waals surface area contributed by atoms with E-state index in [2.05, 4.69) is 45.1 Å². The lowest BCUT2D eigenvalue weighted by atomic mass is 9.89. The van der Waals surface area contributed by atoms with E-state index in [-0.39, 0.29) is 5.91 Å². The van der Waals surface area contributed by atoms with Crippen molar-refractivity contribution in [1.82, 2.24) is 14.9 Å². The number of aromatic nitrogens is 1. The minimum absolute atomic E-state index is 0.0720. The number of hydrogen-bond donors (Lipinski definition) is 1. The van der Waals surface area contributed by atoms with E-state index in [1.807, 2.05) is 24.3 Å². The maximum absolute atomic E-state index is 12.6. The minimum Gasteiger partial charge on any atom is -0.497 e. The zero-order chi connectivity index (χ0) is 21.4. The standard InChI is InChI=1S/C25H28N4O2/c1-17-6-11-22-21(14-17)20-4-3-5-23-25(20)29(22)13-12-28(23)16-24(30)27-26-15-18-7-9-19(31-2)10-8-18/h6-11,14-15,23H,3-5,12-13,16H2,1-2H3,(H,27,30)/b26-15-. The highest BCUT2D eigenvalue weighted by Crippen LogP contribution is 2.42. The second kappa shape index (κ2) is 8.19. The van der Waals surface area contributed by atoms with Gasteiger partial charge in [0.15, 0.2) is 0 Å². The van der Waals surface area contributed by atoms with Crippen LogP contribution in [0.4, 0.5) is 0 Å². The summed E-state index contributed by atoms with van der Waals surface area (Å²) in [7, 11) is 1.64. The Morgan fingerprint density at radius 3 is 2.87 bits per heavy atom. The molecule has 1 aliphatic heterocycles.